The Balaban J connectivity index is 3.51. The maximum Gasteiger partial charge on any atom is 0.293 e. The number of ether oxygens (including phenoxy) is 1. The van der Waals surface area contributed by atoms with E-state index in [9.17, 15) is 9.90 Å². The average Bonchev–Trinajstić information content (AvgIpc) is 2.25. The van der Waals surface area contributed by atoms with Crippen molar-refractivity contribution in [3.8, 4) is 11.8 Å². The topological polar surface area (TPSA) is 46.5 Å². The summed E-state index contributed by atoms with van der Waals surface area (Å²) in [6.45, 7) is 4.42. The molecule has 92 valence electrons. The van der Waals surface area contributed by atoms with Gasteiger partial charge in [-0.25, -0.2) is 0 Å². The fourth-order valence-electron chi connectivity index (χ4n) is 1.29. The van der Waals surface area contributed by atoms with E-state index in [1.807, 2.05) is 6.92 Å². The van der Waals surface area contributed by atoms with Gasteiger partial charge in [0, 0.05) is 6.42 Å². The molecule has 16 heavy (non-hydrogen) atoms. The lowest BCUT2D eigenvalue weighted by molar-refractivity contribution is -0.133. The molecule has 0 rings (SSSR count). The van der Waals surface area contributed by atoms with Crippen molar-refractivity contribution < 1.29 is 14.6 Å². The van der Waals surface area contributed by atoms with E-state index in [0.29, 0.717) is 12.9 Å². The number of aliphatic hydroxyl groups excluding tert-OH is 1. The lowest BCUT2D eigenvalue weighted by Crippen LogP contribution is -2.09. The van der Waals surface area contributed by atoms with E-state index in [1.165, 1.54) is 0 Å². The minimum absolute atomic E-state index is 0.0715. The highest BCUT2D eigenvalue weighted by atomic mass is 16.5. The fourth-order valence-corrected chi connectivity index (χ4v) is 1.29. The summed E-state index contributed by atoms with van der Waals surface area (Å²) in [5.41, 5.74) is 0. The van der Waals surface area contributed by atoms with Crippen LogP contribution in [0.1, 0.15) is 52.4 Å². The molecule has 0 unspecified atom stereocenters. The fraction of sp³-hybridized carbons (Fsp3) is 0.769. The van der Waals surface area contributed by atoms with E-state index >= 15 is 0 Å². The molecule has 0 saturated carbocycles. The van der Waals surface area contributed by atoms with Crippen LogP contribution in [-0.4, -0.2) is 23.8 Å². The third-order valence-electron chi connectivity index (χ3n) is 2.30. The summed E-state index contributed by atoms with van der Waals surface area (Å²) >= 11 is 0. The lowest BCUT2D eigenvalue weighted by atomic mass is 10.1. The van der Waals surface area contributed by atoms with Crippen LogP contribution >= 0.6 is 0 Å². The van der Waals surface area contributed by atoms with Crippen LogP contribution in [-0.2, 0) is 9.53 Å². The van der Waals surface area contributed by atoms with Gasteiger partial charge in [-0.2, -0.15) is 0 Å². The standard InChI is InChI=1S/C13H22O3/c1-3-4-5-6-9-13(15)10-7-8-12(2)16-11-14/h11-13,15H,3-5,7-8,10H2,1-2H3/t12-,13+/m0/s1. The second kappa shape index (κ2) is 10.5. The molecule has 0 spiro atoms. The van der Waals surface area contributed by atoms with E-state index in [-0.39, 0.29) is 6.10 Å². The number of carbonyl (C=O) groups is 1. The Kier molecular flexibility index (Phi) is 9.84. The van der Waals surface area contributed by atoms with E-state index < -0.39 is 6.10 Å². The van der Waals surface area contributed by atoms with Gasteiger partial charge in [0.2, 0.25) is 0 Å². The smallest absolute Gasteiger partial charge is 0.293 e. The van der Waals surface area contributed by atoms with Gasteiger partial charge < -0.3 is 9.84 Å². The van der Waals surface area contributed by atoms with Gasteiger partial charge in [0.25, 0.3) is 6.47 Å². The van der Waals surface area contributed by atoms with Crippen molar-refractivity contribution in [1.29, 1.82) is 0 Å². The zero-order chi connectivity index (χ0) is 12.2. The number of carbonyl (C=O) groups excluding carboxylic acids is 1. The van der Waals surface area contributed by atoms with Crippen LogP contribution in [0.15, 0.2) is 0 Å². The molecule has 0 heterocycles. The van der Waals surface area contributed by atoms with Gasteiger partial charge in [0.15, 0.2) is 0 Å². The van der Waals surface area contributed by atoms with E-state index in [0.717, 1.165) is 32.1 Å². The monoisotopic (exact) mass is 226 g/mol. The Morgan fingerprint density at radius 2 is 2.12 bits per heavy atom. The molecule has 2 atom stereocenters. The number of rotatable bonds is 8. The Morgan fingerprint density at radius 1 is 1.38 bits per heavy atom. The van der Waals surface area contributed by atoms with Gasteiger partial charge in [-0.1, -0.05) is 19.3 Å². The van der Waals surface area contributed by atoms with Crippen LogP contribution in [0, 0.1) is 11.8 Å². The maximum absolute atomic E-state index is 10.0. The second-order valence-electron chi connectivity index (χ2n) is 3.91. The largest absolute Gasteiger partial charge is 0.465 e. The Morgan fingerprint density at radius 3 is 2.75 bits per heavy atom. The molecule has 0 amide bonds. The van der Waals surface area contributed by atoms with Gasteiger partial charge in [-0.3, -0.25) is 4.79 Å². The predicted molar refractivity (Wildman–Crippen MR) is 63.8 cm³/mol. The lowest BCUT2D eigenvalue weighted by Gasteiger charge is -2.09. The number of hydrogen-bond donors (Lipinski definition) is 1. The van der Waals surface area contributed by atoms with Crippen molar-refractivity contribution in [2.75, 3.05) is 0 Å². The molecule has 0 aliphatic carbocycles. The summed E-state index contributed by atoms with van der Waals surface area (Å²) in [6, 6.07) is 0. The first-order chi connectivity index (χ1) is 7.70. The third-order valence-corrected chi connectivity index (χ3v) is 2.30. The SMILES string of the molecule is CCCCC#C[C@@H](O)CCC[C@H](C)OC=O. The molecule has 0 aliphatic rings. The molecule has 0 aromatic carbocycles. The van der Waals surface area contributed by atoms with Gasteiger partial charge >= 0.3 is 0 Å². The van der Waals surface area contributed by atoms with Crippen LogP contribution in [0.3, 0.4) is 0 Å². The molecule has 3 nitrogen and oxygen atoms in total. The Hall–Kier alpha value is -1.01. The van der Waals surface area contributed by atoms with Gasteiger partial charge in [-0.15, -0.1) is 5.92 Å². The van der Waals surface area contributed by atoms with Crippen molar-refractivity contribution in [2.24, 2.45) is 0 Å². The Labute approximate surface area is 98.2 Å². The maximum atomic E-state index is 10.0. The molecule has 0 saturated heterocycles. The summed E-state index contributed by atoms with van der Waals surface area (Å²) in [6.07, 6.45) is 4.70. The first kappa shape index (κ1) is 15.0. The summed E-state index contributed by atoms with van der Waals surface area (Å²) in [5.74, 6) is 5.78. The molecular weight excluding hydrogens is 204 g/mol. The minimum atomic E-state index is -0.541. The van der Waals surface area contributed by atoms with Crippen LogP contribution < -0.4 is 0 Å². The Bertz CT molecular complexity index is 227. The van der Waals surface area contributed by atoms with Crippen molar-refractivity contribution in [3.05, 3.63) is 0 Å². The summed E-state index contributed by atoms with van der Waals surface area (Å²) < 4.78 is 4.74. The van der Waals surface area contributed by atoms with Gasteiger partial charge in [0.1, 0.15) is 6.10 Å². The summed E-state index contributed by atoms with van der Waals surface area (Å²) in [5, 5.41) is 9.51. The van der Waals surface area contributed by atoms with Crippen LogP contribution in [0.2, 0.25) is 0 Å². The van der Waals surface area contributed by atoms with Crippen LogP contribution in [0.5, 0.6) is 0 Å². The predicted octanol–water partition coefficient (Wildman–Crippen LogP) is 2.27. The molecule has 0 aliphatic heterocycles. The summed E-state index contributed by atoms with van der Waals surface area (Å²) in [4.78, 5) is 10.0. The van der Waals surface area contributed by atoms with Gasteiger partial charge in [-0.05, 0) is 32.6 Å². The second-order valence-corrected chi connectivity index (χ2v) is 3.91. The molecule has 0 radical (unpaired) electrons. The van der Waals surface area contributed by atoms with Crippen LogP contribution in [0.4, 0.5) is 0 Å². The number of aliphatic hydroxyl groups is 1. The highest BCUT2D eigenvalue weighted by molar-refractivity contribution is 5.37. The van der Waals surface area contributed by atoms with Crippen molar-refractivity contribution in [3.63, 3.8) is 0 Å². The number of unbranched alkanes of at least 4 members (excludes halogenated alkanes) is 2. The molecule has 1 N–H and O–H groups in total. The molecule has 3 heteroatoms. The quantitative estimate of drug-likeness (QED) is 0.392. The van der Waals surface area contributed by atoms with E-state index in [4.69, 9.17) is 4.74 Å². The van der Waals surface area contributed by atoms with Gasteiger partial charge in [0.05, 0.1) is 6.10 Å². The minimum Gasteiger partial charge on any atom is -0.465 e. The zero-order valence-electron chi connectivity index (χ0n) is 10.2. The molecule has 0 aromatic rings. The van der Waals surface area contributed by atoms with Crippen molar-refractivity contribution in [2.45, 2.75) is 64.6 Å². The van der Waals surface area contributed by atoms with Crippen molar-refractivity contribution in [1.82, 2.24) is 0 Å². The first-order valence-corrected chi connectivity index (χ1v) is 5.96. The zero-order valence-corrected chi connectivity index (χ0v) is 10.2. The summed E-state index contributed by atoms with van der Waals surface area (Å²) in [7, 11) is 0. The highest BCUT2D eigenvalue weighted by Gasteiger charge is 2.04. The highest BCUT2D eigenvalue weighted by Crippen LogP contribution is 2.05. The molecule has 0 bridgehead atoms. The molecule has 0 fully saturated rings. The normalized spacial score (nSPS) is 13.4. The van der Waals surface area contributed by atoms with E-state index in [1.54, 1.807) is 0 Å². The third kappa shape index (κ3) is 9.54. The van der Waals surface area contributed by atoms with Crippen LogP contribution in [0.25, 0.3) is 0 Å². The molecule has 0 aromatic heterocycles. The first-order valence-electron chi connectivity index (χ1n) is 5.96. The van der Waals surface area contributed by atoms with Crippen molar-refractivity contribution >= 4 is 6.47 Å². The number of hydrogen-bond acceptors (Lipinski definition) is 3. The molecular formula is C13H22O3. The van der Waals surface area contributed by atoms with E-state index in [2.05, 4.69) is 18.8 Å². The average molecular weight is 226 g/mol.